The lowest BCUT2D eigenvalue weighted by atomic mass is 10.0. The largest absolute Gasteiger partial charge is 0.366 e. The molecule has 0 bridgehead atoms. The SMILES string of the molecule is NC(=O)c1ccccc1-c1nn(Cl)c2ccccc12. The van der Waals surface area contributed by atoms with Crippen molar-refractivity contribution >= 4 is 28.6 Å². The van der Waals surface area contributed by atoms with E-state index in [9.17, 15) is 4.79 Å². The number of rotatable bonds is 2. The van der Waals surface area contributed by atoms with Crippen molar-refractivity contribution in [2.75, 3.05) is 0 Å². The standard InChI is InChI=1S/C14H10ClN3O/c15-18-12-8-4-3-7-11(12)13(17-18)9-5-1-2-6-10(9)14(16)19/h1-8H,(H2,16,19). The molecule has 2 N–H and O–H groups in total. The van der Waals surface area contributed by atoms with Gasteiger partial charge in [-0.05, 0) is 12.1 Å². The average Bonchev–Trinajstić information content (AvgIpc) is 2.77. The lowest BCUT2D eigenvalue weighted by molar-refractivity contribution is 0.100. The second-order valence-corrected chi connectivity index (χ2v) is 4.46. The van der Waals surface area contributed by atoms with Gasteiger partial charge in [0, 0.05) is 28.3 Å². The molecular weight excluding hydrogens is 262 g/mol. The molecule has 0 radical (unpaired) electrons. The minimum atomic E-state index is -0.483. The highest BCUT2D eigenvalue weighted by atomic mass is 35.5. The van der Waals surface area contributed by atoms with Gasteiger partial charge in [0.15, 0.2) is 0 Å². The van der Waals surface area contributed by atoms with E-state index in [1.54, 1.807) is 12.1 Å². The highest BCUT2D eigenvalue weighted by Gasteiger charge is 2.16. The fourth-order valence-corrected chi connectivity index (χ4v) is 2.36. The average molecular weight is 272 g/mol. The molecule has 0 atom stereocenters. The predicted octanol–water partition coefficient (Wildman–Crippen LogP) is 2.80. The summed E-state index contributed by atoms with van der Waals surface area (Å²) in [6.45, 7) is 0. The van der Waals surface area contributed by atoms with E-state index in [2.05, 4.69) is 5.10 Å². The van der Waals surface area contributed by atoms with E-state index in [0.717, 1.165) is 10.9 Å². The van der Waals surface area contributed by atoms with Gasteiger partial charge < -0.3 is 5.73 Å². The van der Waals surface area contributed by atoms with E-state index in [1.165, 1.54) is 4.20 Å². The molecule has 0 saturated heterocycles. The molecule has 3 aromatic rings. The second kappa shape index (κ2) is 4.40. The molecule has 0 aliphatic rings. The van der Waals surface area contributed by atoms with E-state index in [1.807, 2.05) is 36.4 Å². The molecule has 0 unspecified atom stereocenters. The Labute approximate surface area is 114 Å². The van der Waals surface area contributed by atoms with E-state index in [-0.39, 0.29) is 0 Å². The number of halogens is 1. The Balaban J connectivity index is 2.34. The fourth-order valence-electron chi connectivity index (χ4n) is 2.13. The number of fused-ring (bicyclic) bond motifs is 1. The van der Waals surface area contributed by atoms with Gasteiger partial charge in [-0.1, -0.05) is 36.4 Å². The summed E-state index contributed by atoms with van der Waals surface area (Å²) in [4.78, 5) is 11.5. The van der Waals surface area contributed by atoms with Crippen molar-refractivity contribution in [2.24, 2.45) is 5.73 Å². The topological polar surface area (TPSA) is 60.9 Å². The van der Waals surface area contributed by atoms with Crippen LogP contribution in [0.2, 0.25) is 0 Å². The van der Waals surface area contributed by atoms with Gasteiger partial charge in [-0.15, -0.1) is 0 Å². The van der Waals surface area contributed by atoms with E-state index in [4.69, 9.17) is 17.5 Å². The number of benzene rings is 2. The summed E-state index contributed by atoms with van der Waals surface area (Å²) >= 11 is 6.05. The van der Waals surface area contributed by atoms with Crippen LogP contribution in [0, 0.1) is 0 Å². The molecule has 0 aliphatic carbocycles. The monoisotopic (exact) mass is 271 g/mol. The van der Waals surface area contributed by atoms with E-state index < -0.39 is 5.91 Å². The smallest absolute Gasteiger partial charge is 0.249 e. The molecule has 94 valence electrons. The number of nitrogens with two attached hydrogens (primary N) is 1. The molecule has 5 heteroatoms. The maximum Gasteiger partial charge on any atom is 0.249 e. The van der Waals surface area contributed by atoms with Crippen molar-refractivity contribution < 1.29 is 4.79 Å². The minimum absolute atomic E-state index is 0.433. The number of carbonyl (C=O) groups is 1. The normalized spacial score (nSPS) is 10.8. The summed E-state index contributed by atoms with van der Waals surface area (Å²) in [7, 11) is 0. The summed E-state index contributed by atoms with van der Waals surface area (Å²) in [5.74, 6) is -0.483. The fraction of sp³-hybridized carbons (Fsp3) is 0. The molecule has 1 aromatic heterocycles. The maximum atomic E-state index is 11.5. The first kappa shape index (κ1) is 11.7. The quantitative estimate of drug-likeness (QED) is 0.779. The number of aromatic nitrogens is 2. The molecule has 0 aliphatic heterocycles. The van der Waals surface area contributed by atoms with Crippen molar-refractivity contribution in [1.29, 1.82) is 0 Å². The molecular formula is C14H10ClN3O. The molecule has 4 nitrogen and oxygen atoms in total. The maximum absolute atomic E-state index is 11.5. The molecule has 2 aromatic carbocycles. The van der Waals surface area contributed by atoms with Crippen molar-refractivity contribution in [3.8, 4) is 11.3 Å². The summed E-state index contributed by atoms with van der Waals surface area (Å²) in [5, 5.41) is 5.16. The van der Waals surface area contributed by atoms with Gasteiger partial charge in [0.05, 0.1) is 5.52 Å². The first-order valence-corrected chi connectivity index (χ1v) is 6.05. The molecule has 19 heavy (non-hydrogen) atoms. The van der Waals surface area contributed by atoms with Gasteiger partial charge in [0.2, 0.25) is 5.91 Å². The third-order valence-corrected chi connectivity index (χ3v) is 3.25. The van der Waals surface area contributed by atoms with Crippen LogP contribution in [0.1, 0.15) is 10.4 Å². The molecule has 1 amide bonds. The van der Waals surface area contributed by atoms with Gasteiger partial charge in [0.1, 0.15) is 5.69 Å². The van der Waals surface area contributed by atoms with E-state index in [0.29, 0.717) is 16.8 Å². The lowest BCUT2D eigenvalue weighted by Crippen LogP contribution is -2.12. The summed E-state index contributed by atoms with van der Waals surface area (Å²) in [6, 6.07) is 14.7. The zero-order valence-corrected chi connectivity index (χ0v) is 10.6. The number of hydrogen-bond acceptors (Lipinski definition) is 2. The molecule has 0 saturated carbocycles. The Morgan fingerprint density at radius 2 is 1.79 bits per heavy atom. The summed E-state index contributed by atoms with van der Waals surface area (Å²) in [5.41, 5.74) is 7.96. The molecule has 0 fully saturated rings. The van der Waals surface area contributed by atoms with Gasteiger partial charge in [0.25, 0.3) is 0 Å². The van der Waals surface area contributed by atoms with Crippen molar-refractivity contribution in [1.82, 2.24) is 9.30 Å². The summed E-state index contributed by atoms with van der Waals surface area (Å²) < 4.78 is 1.28. The first-order chi connectivity index (χ1) is 9.18. The Bertz CT molecular complexity index is 779. The second-order valence-electron chi connectivity index (χ2n) is 4.14. The van der Waals surface area contributed by atoms with Gasteiger partial charge >= 0.3 is 0 Å². The number of primary amides is 1. The first-order valence-electron chi connectivity index (χ1n) is 5.71. The number of amides is 1. The Morgan fingerprint density at radius 3 is 2.58 bits per heavy atom. The van der Waals surface area contributed by atoms with Crippen LogP contribution in [0.25, 0.3) is 22.2 Å². The summed E-state index contributed by atoms with van der Waals surface area (Å²) in [6.07, 6.45) is 0. The van der Waals surface area contributed by atoms with Crippen LogP contribution < -0.4 is 5.73 Å². The van der Waals surface area contributed by atoms with Crippen LogP contribution >= 0.6 is 11.8 Å². The van der Waals surface area contributed by atoms with Gasteiger partial charge in [-0.3, -0.25) is 4.79 Å². The van der Waals surface area contributed by atoms with Gasteiger partial charge in [-0.25, -0.2) is 0 Å². The Morgan fingerprint density at radius 1 is 1.11 bits per heavy atom. The minimum Gasteiger partial charge on any atom is -0.366 e. The van der Waals surface area contributed by atoms with Crippen LogP contribution in [0.5, 0.6) is 0 Å². The third-order valence-electron chi connectivity index (χ3n) is 2.99. The third kappa shape index (κ3) is 1.86. The molecule has 1 heterocycles. The Hall–Kier alpha value is -2.33. The number of hydrogen-bond donors (Lipinski definition) is 1. The van der Waals surface area contributed by atoms with E-state index >= 15 is 0 Å². The lowest BCUT2D eigenvalue weighted by Gasteiger charge is -2.03. The Kier molecular flexibility index (Phi) is 2.72. The van der Waals surface area contributed by atoms with Crippen LogP contribution in [0.4, 0.5) is 0 Å². The molecule has 0 spiro atoms. The zero-order chi connectivity index (χ0) is 13.4. The van der Waals surface area contributed by atoms with Gasteiger partial charge in [-0.2, -0.15) is 9.30 Å². The highest BCUT2D eigenvalue weighted by Crippen LogP contribution is 2.30. The van der Waals surface area contributed by atoms with Crippen LogP contribution in [-0.4, -0.2) is 15.2 Å². The highest BCUT2D eigenvalue weighted by molar-refractivity contribution is 6.19. The van der Waals surface area contributed by atoms with Crippen LogP contribution in [0.3, 0.4) is 0 Å². The number of para-hydroxylation sites is 1. The van der Waals surface area contributed by atoms with Crippen molar-refractivity contribution in [2.45, 2.75) is 0 Å². The van der Waals surface area contributed by atoms with Crippen LogP contribution in [-0.2, 0) is 0 Å². The van der Waals surface area contributed by atoms with Crippen molar-refractivity contribution in [3.63, 3.8) is 0 Å². The predicted molar refractivity (Wildman–Crippen MR) is 74.9 cm³/mol. The van der Waals surface area contributed by atoms with Crippen LogP contribution in [0.15, 0.2) is 48.5 Å². The zero-order valence-electron chi connectivity index (χ0n) is 9.88. The molecule has 3 rings (SSSR count). The number of nitrogens with zero attached hydrogens (tertiary/aromatic N) is 2. The number of carbonyl (C=O) groups excluding carboxylic acids is 1. The van der Waals surface area contributed by atoms with Crippen molar-refractivity contribution in [3.05, 3.63) is 54.1 Å².